The van der Waals surface area contributed by atoms with E-state index < -0.39 is 6.17 Å². The second kappa shape index (κ2) is 10.5. The fraction of sp³-hybridized carbons (Fsp3) is 0.455. The number of halogens is 1. The molecule has 4 rings (SSSR count). The van der Waals surface area contributed by atoms with Gasteiger partial charge in [-0.25, -0.2) is 14.4 Å². The number of carbonyl (C=O) groups excluding carboxylic acids is 1. The summed E-state index contributed by atoms with van der Waals surface area (Å²) >= 11 is 0. The summed E-state index contributed by atoms with van der Waals surface area (Å²) in [4.78, 5) is 24.4. The van der Waals surface area contributed by atoms with Crippen LogP contribution in [0.4, 0.5) is 15.9 Å². The largest absolute Gasteiger partial charge is 0.481 e. The van der Waals surface area contributed by atoms with Crippen molar-refractivity contribution in [3.63, 3.8) is 0 Å². The second-order valence-electron chi connectivity index (χ2n) is 7.64. The Morgan fingerprint density at radius 1 is 1.19 bits per heavy atom. The Morgan fingerprint density at radius 2 is 2.06 bits per heavy atom. The Balaban J connectivity index is 1.15. The minimum Gasteiger partial charge on any atom is -0.481 e. The van der Waals surface area contributed by atoms with Gasteiger partial charge in [0.05, 0.1) is 24.2 Å². The lowest BCUT2D eigenvalue weighted by molar-refractivity contribution is -0.118. The maximum atomic E-state index is 14.4. The van der Waals surface area contributed by atoms with Crippen molar-refractivity contribution in [2.45, 2.75) is 31.5 Å². The van der Waals surface area contributed by atoms with Crippen LogP contribution in [0.2, 0.25) is 0 Å². The fourth-order valence-corrected chi connectivity index (χ4v) is 3.69. The lowest BCUT2D eigenvalue weighted by Gasteiger charge is -2.23. The lowest BCUT2D eigenvalue weighted by atomic mass is 9.92. The summed E-state index contributed by atoms with van der Waals surface area (Å²) in [6.45, 7) is 2.92. The normalized spacial score (nSPS) is 19.0. The molecule has 3 N–H and O–H groups in total. The Hall–Kier alpha value is -3.11. The Morgan fingerprint density at radius 3 is 2.94 bits per heavy atom. The van der Waals surface area contributed by atoms with Crippen LogP contribution in [-0.4, -0.2) is 61.6 Å². The Labute approximate surface area is 185 Å². The molecule has 2 unspecified atom stereocenters. The molecular weight excluding hydrogens is 415 g/mol. The number of methoxy groups -OCH3 is 1. The first kappa shape index (κ1) is 22.1. The molecule has 0 aromatic carbocycles. The number of ether oxygens (including phenoxy) is 2. The molecule has 9 nitrogen and oxygen atoms in total. The molecule has 0 aliphatic carbocycles. The SMILES string of the molecule is COc1ccc2c(n1)C(CCNCCCNCc1ccc3c(n1)NC(=O)CO3)C(F)C=N2. The first-order chi connectivity index (χ1) is 15.6. The third kappa shape index (κ3) is 5.38. The van der Waals surface area contributed by atoms with Crippen LogP contribution >= 0.6 is 0 Å². The van der Waals surface area contributed by atoms with Crippen molar-refractivity contribution in [1.29, 1.82) is 0 Å². The average molecular weight is 442 g/mol. The molecule has 4 heterocycles. The smallest absolute Gasteiger partial charge is 0.263 e. The van der Waals surface area contributed by atoms with Crippen LogP contribution < -0.4 is 25.4 Å². The highest BCUT2D eigenvalue weighted by Crippen LogP contribution is 2.35. The molecule has 0 saturated carbocycles. The number of fused-ring (bicyclic) bond motifs is 2. The summed E-state index contributed by atoms with van der Waals surface area (Å²) in [7, 11) is 1.55. The third-order valence-electron chi connectivity index (χ3n) is 5.36. The number of anilines is 1. The minimum atomic E-state index is -1.15. The van der Waals surface area contributed by atoms with E-state index in [0.717, 1.165) is 25.2 Å². The van der Waals surface area contributed by atoms with E-state index in [2.05, 4.69) is 30.9 Å². The summed E-state index contributed by atoms with van der Waals surface area (Å²) < 4.78 is 24.9. The molecule has 0 radical (unpaired) electrons. The summed E-state index contributed by atoms with van der Waals surface area (Å²) in [6.07, 6.45) is 1.75. The number of rotatable bonds is 10. The second-order valence-corrected chi connectivity index (χ2v) is 7.64. The van der Waals surface area contributed by atoms with Crippen molar-refractivity contribution in [2.75, 3.05) is 38.7 Å². The van der Waals surface area contributed by atoms with Crippen molar-refractivity contribution in [1.82, 2.24) is 20.6 Å². The molecule has 0 bridgehead atoms. The van der Waals surface area contributed by atoms with Crippen LogP contribution in [0.3, 0.4) is 0 Å². The van der Waals surface area contributed by atoms with Crippen LogP contribution in [0.5, 0.6) is 11.6 Å². The van der Waals surface area contributed by atoms with Gasteiger partial charge in [0.2, 0.25) is 5.88 Å². The topological polar surface area (TPSA) is 110 Å². The summed E-state index contributed by atoms with van der Waals surface area (Å²) in [6, 6.07) is 7.24. The highest BCUT2D eigenvalue weighted by molar-refractivity contribution is 5.94. The van der Waals surface area contributed by atoms with Crippen LogP contribution in [0.15, 0.2) is 29.3 Å². The van der Waals surface area contributed by atoms with E-state index in [4.69, 9.17) is 9.47 Å². The summed E-state index contributed by atoms with van der Waals surface area (Å²) in [5.41, 5.74) is 2.19. The molecule has 0 fully saturated rings. The number of aromatic nitrogens is 2. The molecule has 32 heavy (non-hydrogen) atoms. The molecule has 170 valence electrons. The maximum Gasteiger partial charge on any atom is 0.263 e. The maximum absolute atomic E-state index is 14.4. The van der Waals surface area contributed by atoms with Crippen LogP contribution in [0.25, 0.3) is 0 Å². The van der Waals surface area contributed by atoms with E-state index in [1.54, 1.807) is 13.2 Å². The van der Waals surface area contributed by atoms with Gasteiger partial charge in [-0.2, -0.15) is 0 Å². The molecule has 2 aliphatic rings. The Bertz CT molecular complexity index is 986. The van der Waals surface area contributed by atoms with Crippen molar-refractivity contribution >= 4 is 23.6 Å². The van der Waals surface area contributed by atoms with Crippen molar-refractivity contribution in [2.24, 2.45) is 4.99 Å². The van der Waals surface area contributed by atoms with Gasteiger partial charge in [0.1, 0.15) is 6.17 Å². The van der Waals surface area contributed by atoms with Crippen molar-refractivity contribution in [3.8, 4) is 11.6 Å². The number of hydrogen-bond donors (Lipinski definition) is 3. The number of nitrogens with zero attached hydrogens (tertiary/aromatic N) is 3. The monoisotopic (exact) mass is 442 g/mol. The zero-order chi connectivity index (χ0) is 22.3. The van der Waals surface area contributed by atoms with Gasteiger partial charge in [-0.3, -0.25) is 9.79 Å². The predicted octanol–water partition coefficient (Wildman–Crippen LogP) is 2.11. The van der Waals surface area contributed by atoms with Crippen molar-refractivity contribution in [3.05, 3.63) is 35.7 Å². The quantitative estimate of drug-likeness (QED) is 0.484. The van der Waals surface area contributed by atoms with E-state index in [9.17, 15) is 9.18 Å². The zero-order valence-electron chi connectivity index (χ0n) is 17.9. The molecule has 2 aliphatic heterocycles. The molecule has 2 aromatic heterocycles. The van der Waals surface area contributed by atoms with Gasteiger partial charge in [0.15, 0.2) is 18.2 Å². The number of nitrogens with one attached hydrogen (secondary N) is 3. The van der Waals surface area contributed by atoms with Crippen molar-refractivity contribution < 1.29 is 18.7 Å². The standard InChI is InChI=1S/C22H27FN6O3/c1-31-20-6-4-17-21(29-20)15(16(23)12-26-17)7-10-24-8-2-9-25-11-14-3-5-18-22(27-14)28-19(30)13-32-18/h3-6,12,15-16,24-25H,2,7-11,13H2,1H3,(H,27,28,30). The third-order valence-corrected chi connectivity index (χ3v) is 5.36. The van der Waals surface area contributed by atoms with E-state index in [1.165, 1.54) is 6.21 Å². The minimum absolute atomic E-state index is 0.0246. The number of alkyl halides is 1. The van der Waals surface area contributed by atoms with E-state index in [-0.39, 0.29) is 18.4 Å². The lowest BCUT2D eigenvalue weighted by Crippen LogP contribution is -2.28. The molecule has 0 saturated heterocycles. The van der Waals surface area contributed by atoms with E-state index in [1.807, 2.05) is 18.2 Å². The van der Waals surface area contributed by atoms with Gasteiger partial charge < -0.3 is 25.4 Å². The van der Waals surface area contributed by atoms with Gasteiger partial charge in [0.25, 0.3) is 5.91 Å². The average Bonchev–Trinajstić information content (AvgIpc) is 2.81. The zero-order valence-corrected chi connectivity index (χ0v) is 17.9. The van der Waals surface area contributed by atoms with Gasteiger partial charge in [0, 0.05) is 24.7 Å². The number of amides is 1. The van der Waals surface area contributed by atoms with Crippen LogP contribution in [0, 0.1) is 0 Å². The molecular formula is C22H27FN6O3. The van der Waals surface area contributed by atoms with Gasteiger partial charge in [-0.15, -0.1) is 0 Å². The molecule has 2 aromatic rings. The fourth-order valence-electron chi connectivity index (χ4n) is 3.69. The van der Waals surface area contributed by atoms with Gasteiger partial charge >= 0.3 is 0 Å². The number of pyridine rings is 2. The van der Waals surface area contributed by atoms with E-state index in [0.29, 0.717) is 48.3 Å². The molecule has 1 amide bonds. The first-order valence-corrected chi connectivity index (χ1v) is 10.7. The predicted molar refractivity (Wildman–Crippen MR) is 119 cm³/mol. The highest BCUT2D eigenvalue weighted by atomic mass is 19.1. The summed E-state index contributed by atoms with van der Waals surface area (Å²) in [5.74, 6) is 1.01. The first-order valence-electron chi connectivity index (χ1n) is 10.7. The molecule has 0 spiro atoms. The molecule has 2 atom stereocenters. The van der Waals surface area contributed by atoms with E-state index >= 15 is 0 Å². The Kier molecular flexibility index (Phi) is 7.23. The van der Waals surface area contributed by atoms with Gasteiger partial charge in [-0.05, 0) is 50.7 Å². The highest BCUT2D eigenvalue weighted by Gasteiger charge is 2.28. The number of aliphatic imine (C=N–C) groups is 1. The molecule has 10 heteroatoms. The number of carbonyl (C=O) groups is 1. The number of hydrogen-bond acceptors (Lipinski definition) is 8. The summed E-state index contributed by atoms with van der Waals surface area (Å²) in [5, 5.41) is 9.41. The van der Waals surface area contributed by atoms with Gasteiger partial charge in [-0.1, -0.05) is 0 Å². The van der Waals surface area contributed by atoms with Crippen LogP contribution in [0.1, 0.15) is 30.1 Å². The van der Waals surface area contributed by atoms with Crippen LogP contribution in [-0.2, 0) is 11.3 Å².